The van der Waals surface area contributed by atoms with Gasteiger partial charge in [0.15, 0.2) is 0 Å². The predicted molar refractivity (Wildman–Crippen MR) is 75.9 cm³/mol. The van der Waals surface area contributed by atoms with Gasteiger partial charge in [0.1, 0.15) is 17.0 Å². The molecule has 0 saturated carbocycles. The summed E-state index contributed by atoms with van der Waals surface area (Å²) in [5.41, 5.74) is 6.45. The number of ether oxygens (including phenoxy) is 1. The van der Waals surface area contributed by atoms with E-state index in [1.165, 1.54) is 18.1 Å². The number of hydrogen-bond donors (Lipinski definition) is 1. The van der Waals surface area contributed by atoms with E-state index < -0.39 is 0 Å². The number of anilines is 1. The molecule has 2 aromatic rings. The zero-order valence-electron chi connectivity index (χ0n) is 9.76. The highest BCUT2D eigenvalue weighted by atomic mass is 79.9. The normalized spacial score (nSPS) is 10.3. The largest absolute Gasteiger partial charge is 0.476 e. The molecule has 0 fully saturated rings. The summed E-state index contributed by atoms with van der Waals surface area (Å²) in [6.45, 7) is 2.42. The molecular weight excluding hydrogens is 314 g/mol. The number of halogens is 1. The van der Waals surface area contributed by atoms with Crippen molar-refractivity contribution in [2.45, 2.75) is 16.8 Å². The molecular formula is C12H12BrN3OS. The zero-order valence-corrected chi connectivity index (χ0v) is 12.2. The molecule has 1 aromatic heterocycles. The molecule has 0 spiro atoms. The summed E-state index contributed by atoms with van der Waals surface area (Å²) in [6.07, 6.45) is 1.46. The predicted octanol–water partition coefficient (Wildman–Crippen LogP) is 3.37. The number of nitrogen functional groups attached to an aromatic ring is 1. The molecule has 0 unspecified atom stereocenters. The molecule has 0 amide bonds. The van der Waals surface area contributed by atoms with Crippen LogP contribution in [0.15, 0.2) is 45.0 Å². The van der Waals surface area contributed by atoms with Crippen molar-refractivity contribution in [3.8, 4) is 5.88 Å². The fraction of sp³-hybridized carbons (Fsp3) is 0.167. The number of aromatic nitrogens is 2. The van der Waals surface area contributed by atoms with E-state index in [-0.39, 0.29) is 0 Å². The lowest BCUT2D eigenvalue weighted by Gasteiger charge is -2.08. The Labute approximate surface area is 118 Å². The summed E-state index contributed by atoms with van der Waals surface area (Å²) in [5.74, 6) is 0.435. The van der Waals surface area contributed by atoms with Gasteiger partial charge in [0.25, 0.3) is 0 Å². The van der Waals surface area contributed by atoms with Gasteiger partial charge < -0.3 is 10.5 Å². The minimum atomic E-state index is 0.435. The first kappa shape index (κ1) is 13.2. The summed E-state index contributed by atoms with van der Waals surface area (Å²) in [6, 6.07) is 7.94. The van der Waals surface area contributed by atoms with Gasteiger partial charge in [-0.3, -0.25) is 0 Å². The Bertz CT molecular complexity index is 551. The Hall–Kier alpha value is -1.27. The molecule has 18 heavy (non-hydrogen) atoms. The minimum Gasteiger partial charge on any atom is -0.476 e. The Balaban J connectivity index is 2.26. The summed E-state index contributed by atoms with van der Waals surface area (Å²) in [5, 5.41) is 0.701. The third-order valence-electron chi connectivity index (χ3n) is 2.10. The van der Waals surface area contributed by atoms with E-state index in [0.717, 1.165) is 9.37 Å². The van der Waals surface area contributed by atoms with Crippen molar-refractivity contribution >= 4 is 33.4 Å². The van der Waals surface area contributed by atoms with Crippen LogP contribution in [0.3, 0.4) is 0 Å². The fourth-order valence-electron chi connectivity index (χ4n) is 1.34. The number of nitrogens with two attached hydrogens (primary N) is 1. The van der Waals surface area contributed by atoms with Crippen LogP contribution < -0.4 is 10.5 Å². The summed E-state index contributed by atoms with van der Waals surface area (Å²) in [4.78, 5) is 9.24. The van der Waals surface area contributed by atoms with Crippen LogP contribution in [0.4, 0.5) is 5.69 Å². The van der Waals surface area contributed by atoms with E-state index in [1.54, 1.807) is 0 Å². The van der Waals surface area contributed by atoms with Crippen molar-refractivity contribution in [1.29, 1.82) is 0 Å². The van der Waals surface area contributed by atoms with E-state index in [4.69, 9.17) is 10.5 Å². The van der Waals surface area contributed by atoms with Crippen LogP contribution in [0.25, 0.3) is 0 Å². The minimum absolute atomic E-state index is 0.435. The average Bonchev–Trinajstić information content (AvgIpc) is 2.35. The molecule has 1 heterocycles. The van der Waals surface area contributed by atoms with Crippen molar-refractivity contribution in [2.24, 2.45) is 0 Å². The summed E-state index contributed by atoms with van der Waals surface area (Å²) < 4.78 is 6.36. The maximum absolute atomic E-state index is 5.97. The second-order valence-corrected chi connectivity index (χ2v) is 5.37. The standard InChI is InChI=1S/C12H12BrN3OS/c1-2-17-11-10(14)12(16-7-15-11)18-9-5-3-4-8(13)6-9/h3-7H,2,14H2,1H3. The van der Waals surface area contributed by atoms with Gasteiger partial charge in [0.2, 0.25) is 5.88 Å². The molecule has 0 aliphatic carbocycles. The van der Waals surface area contributed by atoms with E-state index in [2.05, 4.69) is 25.9 Å². The number of hydrogen-bond acceptors (Lipinski definition) is 5. The quantitative estimate of drug-likeness (QED) is 0.873. The van der Waals surface area contributed by atoms with E-state index >= 15 is 0 Å². The maximum Gasteiger partial charge on any atom is 0.241 e. The van der Waals surface area contributed by atoms with Gasteiger partial charge in [-0.25, -0.2) is 4.98 Å². The smallest absolute Gasteiger partial charge is 0.241 e. The van der Waals surface area contributed by atoms with Crippen molar-refractivity contribution < 1.29 is 4.74 Å². The van der Waals surface area contributed by atoms with E-state index in [0.29, 0.717) is 23.2 Å². The first-order valence-corrected chi connectivity index (χ1v) is 6.98. The van der Waals surface area contributed by atoms with Crippen molar-refractivity contribution in [1.82, 2.24) is 9.97 Å². The fourth-order valence-corrected chi connectivity index (χ4v) is 2.74. The van der Waals surface area contributed by atoms with Gasteiger partial charge in [0.05, 0.1) is 6.61 Å². The SMILES string of the molecule is CCOc1ncnc(Sc2cccc(Br)c2)c1N. The first-order valence-electron chi connectivity index (χ1n) is 5.37. The van der Waals surface area contributed by atoms with E-state index in [9.17, 15) is 0 Å². The lowest BCUT2D eigenvalue weighted by atomic mass is 10.4. The number of rotatable bonds is 4. The van der Waals surface area contributed by atoms with Gasteiger partial charge in [-0.15, -0.1) is 0 Å². The van der Waals surface area contributed by atoms with E-state index in [1.807, 2.05) is 31.2 Å². The second kappa shape index (κ2) is 6.06. The molecule has 0 aliphatic heterocycles. The van der Waals surface area contributed by atoms with Crippen LogP contribution in [-0.4, -0.2) is 16.6 Å². The maximum atomic E-state index is 5.97. The highest BCUT2D eigenvalue weighted by molar-refractivity contribution is 9.10. The first-order chi connectivity index (χ1) is 8.70. The Kier molecular flexibility index (Phi) is 4.43. The topological polar surface area (TPSA) is 61.0 Å². The van der Waals surface area contributed by atoms with Gasteiger partial charge >= 0.3 is 0 Å². The highest BCUT2D eigenvalue weighted by Gasteiger charge is 2.10. The number of benzene rings is 1. The van der Waals surface area contributed by atoms with Crippen molar-refractivity contribution in [2.75, 3.05) is 12.3 Å². The molecule has 2 N–H and O–H groups in total. The lowest BCUT2D eigenvalue weighted by Crippen LogP contribution is -2.02. The van der Waals surface area contributed by atoms with Crippen LogP contribution in [-0.2, 0) is 0 Å². The zero-order chi connectivity index (χ0) is 13.0. The molecule has 4 nitrogen and oxygen atoms in total. The average molecular weight is 326 g/mol. The van der Waals surface area contributed by atoms with Crippen molar-refractivity contribution in [3.05, 3.63) is 35.1 Å². The lowest BCUT2D eigenvalue weighted by molar-refractivity contribution is 0.327. The van der Waals surface area contributed by atoms with Gasteiger partial charge in [-0.2, -0.15) is 4.98 Å². The molecule has 0 atom stereocenters. The Morgan fingerprint density at radius 3 is 2.94 bits per heavy atom. The van der Waals surface area contributed by atoms with Gasteiger partial charge in [-0.1, -0.05) is 33.8 Å². The molecule has 0 saturated heterocycles. The van der Waals surface area contributed by atoms with Gasteiger partial charge in [0, 0.05) is 9.37 Å². The Morgan fingerprint density at radius 1 is 1.39 bits per heavy atom. The van der Waals surface area contributed by atoms with Crippen LogP contribution in [0.2, 0.25) is 0 Å². The molecule has 0 bridgehead atoms. The second-order valence-electron chi connectivity index (χ2n) is 3.39. The molecule has 6 heteroatoms. The van der Waals surface area contributed by atoms with Crippen molar-refractivity contribution in [3.63, 3.8) is 0 Å². The third kappa shape index (κ3) is 3.14. The summed E-state index contributed by atoms with van der Waals surface area (Å²) >= 11 is 4.91. The van der Waals surface area contributed by atoms with Crippen LogP contribution in [0.5, 0.6) is 5.88 Å². The molecule has 1 aromatic carbocycles. The molecule has 94 valence electrons. The summed E-state index contributed by atoms with van der Waals surface area (Å²) in [7, 11) is 0. The molecule has 2 rings (SSSR count). The van der Waals surface area contributed by atoms with Crippen LogP contribution >= 0.6 is 27.7 Å². The third-order valence-corrected chi connectivity index (χ3v) is 3.60. The monoisotopic (exact) mass is 325 g/mol. The van der Waals surface area contributed by atoms with Crippen LogP contribution in [0.1, 0.15) is 6.92 Å². The molecule has 0 radical (unpaired) electrons. The highest BCUT2D eigenvalue weighted by Crippen LogP contribution is 2.34. The van der Waals surface area contributed by atoms with Crippen LogP contribution in [0, 0.1) is 0 Å². The molecule has 0 aliphatic rings. The Morgan fingerprint density at radius 2 is 2.22 bits per heavy atom. The number of nitrogens with zero attached hydrogens (tertiary/aromatic N) is 2. The van der Waals surface area contributed by atoms with Gasteiger partial charge in [-0.05, 0) is 25.1 Å².